The number of ether oxygens (including phenoxy) is 1. The number of furan rings is 1. The van der Waals surface area contributed by atoms with Gasteiger partial charge in [-0.1, -0.05) is 19.1 Å². The Morgan fingerprint density at radius 1 is 1.20 bits per heavy atom. The van der Waals surface area contributed by atoms with E-state index in [9.17, 15) is 0 Å². The maximum atomic E-state index is 5.88. The van der Waals surface area contributed by atoms with E-state index in [4.69, 9.17) is 9.15 Å². The molecule has 0 fully saturated rings. The van der Waals surface area contributed by atoms with Crippen molar-refractivity contribution < 1.29 is 9.15 Å². The van der Waals surface area contributed by atoms with Crippen LogP contribution in [0.25, 0.3) is 0 Å². The molecule has 1 N–H and O–H groups in total. The molecule has 0 saturated heterocycles. The van der Waals surface area contributed by atoms with Crippen LogP contribution in [-0.4, -0.2) is 14.2 Å². The molecule has 3 nitrogen and oxygen atoms in total. The molecule has 1 heterocycles. The average molecular weight is 273 g/mol. The molecule has 1 atom stereocenters. The Balaban J connectivity index is 2.41. The van der Waals surface area contributed by atoms with Crippen LogP contribution in [0.15, 0.2) is 28.7 Å². The first-order valence-corrected chi connectivity index (χ1v) is 7.01. The molecular formula is C17H23NO2. The molecule has 20 heavy (non-hydrogen) atoms. The van der Waals surface area contributed by atoms with Gasteiger partial charge in [-0.2, -0.15) is 0 Å². The third-order valence-electron chi connectivity index (χ3n) is 3.62. The standard InChI is InChI=1S/C17H23NO2/c1-6-14-7-8-15(20-14)16(18-4)13-9-11(2)17(19-5)12(3)10-13/h7-10,16,18H,6H2,1-5H3. The molecule has 0 aliphatic heterocycles. The molecule has 0 radical (unpaired) electrons. The highest BCUT2D eigenvalue weighted by Crippen LogP contribution is 2.30. The number of benzene rings is 1. The zero-order valence-corrected chi connectivity index (χ0v) is 12.9. The number of nitrogens with one attached hydrogen (secondary N) is 1. The van der Waals surface area contributed by atoms with Crippen molar-refractivity contribution in [3.63, 3.8) is 0 Å². The van der Waals surface area contributed by atoms with Gasteiger partial charge in [0.1, 0.15) is 17.3 Å². The number of rotatable bonds is 5. The lowest BCUT2D eigenvalue weighted by atomic mass is 9.99. The summed E-state index contributed by atoms with van der Waals surface area (Å²) in [5, 5.41) is 3.33. The molecule has 2 rings (SSSR count). The lowest BCUT2D eigenvalue weighted by molar-refractivity contribution is 0.407. The van der Waals surface area contributed by atoms with E-state index in [-0.39, 0.29) is 6.04 Å². The number of hydrogen-bond acceptors (Lipinski definition) is 3. The summed E-state index contributed by atoms with van der Waals surface area (Å²) >= 11 is 0. The fourth-order valence-corrected chi connectivity index (χ4v) is 2.69. The lowest BCUT2D eigenvalue weighted by Gasteiger charge is -2.18. The van der Waals surface area contributed by atoms with Gasteiger partial charge < -0.3 is 14.5 Å². The zero-order chi connectivity index (χ0) is 14.7. The number of aryl methyl sites for hydroxylation is 3. The molecule has 1 aromatic heterocycles. The number of hydrogen-bond donors (Lipinski definition) is 1. The Kier molecular flexibility index (Phi) is 4.50. The van der Waals surface area contributed by atoms with E-state index in [1.54, 1.807) is 7.11 Å². The fraction of sp³-hybridized carbons (Fsp3) is 0.412. The molecule has 0 aliphatic carbocycles. The van der Waals surface area contributed by atoms with Gasteiger partial charge in [0.15, 0.2) is 0 Å². The first kappa shape index (κ1) is 14.7. The molecule has 2 aromatic rings. The SMILES string of the molecule is CCc1ccc(C(NC)c2cc(C)c(OC)c(C)c2)o1. The Morgan fingerprint density at radius 3 is 2.30 bits per heavy atom. The maximum absolute atomic E-state index is 5.88. The Labute approximate surface area is 121 Å². The van der Waals surface area contributed by atoms with E-state index < -0.39 is 0 Å². The molecule has 3 heteroatoms. The molecule has 108 valence electrons. The van der Waals surface area contributed by atoms with Gasteiger partial charge in [0.2, 0.25) is 0 Å². The average Bonchev–Trinajstić information content (AvgIpc) is 2.88. The van der Waals surface area contributed by atoms with E-state index >= 15 is 0 Å². The highest BCUT2D eigenvalue weighted by atomic mass is 16.5. The van der Waals surface area contributed by atoms with Crippen molar-refractivity contribution in [3.8, 4) is 5.75 Å². The highest BCUT2D eigenvalue weighted by molar-refractivity contribution is 5.45. The van der Waals surface area contributed by atoms with Crippen molar-refractivity contribution in [2.45, 2.75) is 33.2 Å². The van der Waals surface area contributed by atoms with Crippen LogP contribution >= 0.6 is 0 Å². The molecule has 0 saturated carbocycles. The predicted octanol–water partition coefficient (Wildman–Crippen LogP) is 3.78. The third-order valence-corrected chi connectivity index (χ3v) is 3.62. The summed E-state index contributed by atoms with van der Waals surface area (Å²) in [4.78, 5) is 0. The minimum atomic E-state index is 0.0682. The van der Waals surface area contributed by atoms with Crippen molar-refractivity contribution in [1.82, 2.24) is 5.32 Å². The lowest BCUT2D eigenvalue weighted by Crippen LogP contribution is -2.17. The molecule has 0 amide bonds. The van der Waals surface area contributed by atoms with E-state index in [0.29, 0.717) is 0 Å². The van der Waals surface area contributed by atoms with Gasteiger partial charge in [0.05, 0.1) is 13.2 Å². The zero-order valence-electron chi connectivity index (χ0n) is 12.9. The van der Waals surface area contributed by atoms with Crippen molar-refractivity contribution in [2.75, 3.05) is 14.2 Å². The van der Waals surface area contributed by atoms with Crippen LogP contribution in [0.5, 0.6) is 5.75 Å². The van der Waals surface area contributed by atoms with Gasteiger partial charge in [0, 0.05) is 6.42 Å². The second kappa shape index (κ2) is 6.14. The minimum absolute atomic E-state index is 0.0682. The molecule has 1 aromatic carbocycles. The first-order valence-electron chi connectivity index (χ1n) is 7.01. The van der Waals surface area contributed by atoms with Crippen LogP contribution in [0.2, 0.25) is 0 Å². The second-order valence-corrected chi connectivity index (χ2v) is 5.07. The summed E-state index contributed by atoms with van der Waals surface area (Å²) < 4.78 is 11.3. The molecule has 0 aliphatic rings. The topological polar surface area (TPSA) is 34.4 Å². The van der Waals surface area contributed by atoms with Crippen molar-refractivity contribution >= 4 is 0 Å². The quantitative estimate of drug-likeness (QED) is 0.900. The van der Waals surface area contributed by atoms with Gasteiger partial charge in [0.25, 0.3) is 0 Å². The van der Waals surface area contributed by atoms with Crippen molar-refractivity contribution in [2.24, 2.45) is 0 Å². The summed E-state index contributed by atoms with van der Waals surface area (Å²) in [6.07, 6.45) is 0.914. The predicted molar refractivity (Wildman–Crippen MR) is 81.5 cm³/mol. The summed E-state index contributed by atoms with van der Waals surface area (Å²) in [5.41, 5.74) is 3.48. The van der Waals surface area contributed by atoms with Crippen molar-refractivity contribution in [1.29, 1.82) is 0 Å². The van der Waals surface area contributed by atoms with E-state index in [0.717, 1.165) is 34.8 Å². The Bertz CT molecular complexity index is 563. The molecule has 0 spiro atoms. The monoisotopic (exact) mass is 273 g/mol. The Morgan fingerprint density at radius 2 is 1.85 bits per heavy atom. The van der Waals surface area contributed by atoms with Gasteiger partial charge in [-0.3, -0.25) is 0 Å². The molecule has 1 unspecified atom stereocenters. The normalized spacial score (nSPS) is 12.4. The van der Waals surface area contributed by atoms with Gasteiger partial charge in [-0.05, 0) is 49.7 Å². The van der Waals surface area contributed by atoms with E-state index in [2.05, 4.69) is 44.3 Å². The summed E-state index contributed by atoms with van der Waals surface area (Å²) in [7, 11) is 3.66. The Hall–Kier alpha value is -1.74. The minimum Gasteiger partial charge on any atom is -0.496 e. The van der Waals surface area contributed by atoms with Gasteiger partial charge >= 0.3 is 0 Å². The smallest absolute Gasteiger partial charge is 0.125 e. The van der Waals surface area contributed by atoms with E-state index in [1.165, 1.54) is 5.56 Å². The summed E-state index contributed by atoms with van der Waals surface area (Å²) in [6, 6.07) is 8.47. The maximum Gasteiger partial charge on any atom is 0.125 e. The third kappa shape index (κ3) is 2.73. The number of methoxy groups -OCH3 is 1. The second-order valence-electron chi connectivity index (χ2n) is 5.07. The van der Waals surface area contributed by atoms with Crippen LogP contribution < -0.4 is 10.1 Å². The van der Waals surface area contributed by atoms with Crippen LogP contribution in [-0.2, 0) is 6.42 Å². The molecular weight excluding hydrogens is 250 g/mol. The highest BCUT2D eigenvalue weighted by Gasteiger charge is 2.18. The van der Waals surface area contributed by atoms with Crippen LogP contribution in [0.4, 0.5) is 0 Å². The first-order chi connectivity index (χ1) is 9.60. The van der Waals surface area contributed by atoms with Crippen LogP contribution in [0.1, 0.15) is 41.2 Å². The fourth-order valence-electron chi connectivity index (χ4n) is 2.69. The van der Waals surface area contributed by atoms with Gasteiger partial charge in [-0.15, -0.1) is 0 Å². The van der Waals surface area contributed by atoms with Crippen LogP contribution in [0, 0.1) is 13.8 Å². The largest absolute Gasteiger partial charge is 0.496 e. The molecule has 0 bridgehead atoms. The van der Waals surface area contributed by atoms with E-state index in [1.807, 2.05) is 13.1 Å². The van der Waals surface area contributed by atoms with Crippen LogP contribution in [0.3, 0.4) is 0 Å². The van der Waals surface area contributed by atoms with Gasteiger partial charge in [-0.25, -0.2) is 0 Å². The summed E-state index contributed by atoms with van der Waals surface area (Å²) in [5.74, 6) is 2.92. The van der Waals surface area contributed by atoms with Crippen molar-refractivity contribution in [3.05, 3.63) is 52.5 Å². The summed E-state index contributed by atoms with van der Waals surface area (Å²) in [6.45, 7) is 6.24.